The Balaban J connectivity index is 2.59. The van der Waals surface area contributed by atoms with Crippen LogP contribution in [0.3, 0.4) is 0 Å². The molecule has 0 aliphatic carbocycles. The molecule has 0 unspecified atom stereocenters. The highest BCUT2D eigenvalue weighted by Crippen LogP contribution is 2.31. The van der Waals surface area contributed by atoms with E-state index >= 15 is 0 Å². The summed E-state index contributed by atoms with van der Waals surface area (Å²) in [6.45, 7) is 9.79. The minimum atomic E-state index is 0.0951. The van der Waals surface area contributed by atoms with Crippen LogP contribution in [0.15, 0.2) is 12.1 Å². The van der Waals surface area contributed by atoms with E-state index in [0.717, 1.165) is 21.1 Å². The highest BCUT2D eigenvalue weighted by Gasteiger charge is 2.14. The predicted molar refractivity (Wildman–Crippen MR) is 76.5 cm³/mol. The Labute approximate surface area is 112 Å². The third kappa shape index (κ3) is 2.23. The van der Waals surface area contributed by atoms with E-state index in [0.29, 0.717) is 0 Å². The lowest BCUT2D eigenvalue weighted by atomic mass is 10.0. The van der Waals surface area contributed by atoms with Crippen LogP contribution in [0.25, 0.3) is 10.6 Å². The quantitative estimate of drug-likeness (QED) is 0.755. The molecular formula is C15H17NOS. The van der Waals surface area contributed by atoms with E-state index in [9.17, 15) is 4.79 Å². The van der Waals surface area contributed by atoms with Crippen molar-refractivity contribution in [2.75, 3.05) is 0 Å². The number of benzene rings is 1. The molecule has 0 N–H and O–H groups in total. The van der Waals surface area contributed by atoms with Crippen molar-refractivity contribution in [3.8, 4) is 10.6 Å². The van der Waals surface area contributed by atoms with Gasteiger partial charge < -0.3 is 0 Å². The fraction of sp³-hybridized carbons (Fsp3) is 0.333. The third-order valence-electron chi connectivity index (χ3n) is 3.19. The summed E-state index contributed by atoms with van der Waals surface area (Å²) in [5.74, 6) is 0.0951. The standard InChI is InChI=1S/C15H17NOS/c1-8-6-10(3)13(7-9(8)2)15-16-11(4)14(18-15)12(5)17/h6-7H,1-5H3. The van der Waals surface area contributed by atoms with Crippen LogP contribution in [0, 0.1) is 27.7 Å². The number of ketones is 1. The maximum Gasteiger partial charge on any atom is 0.171 e. The van der Waals surface area contributed by atoms with Gasteiger partial charge in [0.1, 0.15) is 5.01 Å². The van der Waals surface area contributed by atoms with Gasteiger partial charge >= 0.3 is 0 Å². The molecule has 0 bridgehead atoms. The lowest BCUT2D eigenvalue weighted by Crippen LogP contribution is -1.89. The number of rotatable bonds is 2. The van der Waals surface area contributed by atoms with Crippen LogP contribution >= 0.6 is 11.3 Å². The highest BCUT2D eigenvalue weighted by molar-refractivity contribution is 7.17. The number of hydrogen-bond donors (Lipinski definition) is 0. The molecule has 0 aliphatic rings. The van der Waals surface area contributed by atoms with Crippen molar-refractivity contribution in [2.45, 2.75) is 34.6 Å². The Morgan fingerprint density at radius 1 is 1.06 bits per heavy atom. The topological polar surface area (TPSA) is 30.0 Å². The Kier molecular flexibility index (Phi) is 3.35. The highest BCUT2D eigenvalue weighted by atomic mass is 32.1. The number of Topliss-reactive ketones (excluding diaryl/α,β-unsaturated/α-hetero) is 1. The van der Waals surface area contributed by atoms with E-state index in [1.54, 1.807) is 6.92 Å². The van der Waals surface area contributed by atoms with Gasteiger partial charge in [-0.2, -0.15) is 0 Å². The molecule has 3 heteroatoms. The first-order valence-corrected chi connectivity index (χ1v) is 6.78. The smallest absolute Gasteiger partial charge is 0.171 e. The van der Waals surface area contributed by atoms with Crippen molar-refractivity contribution in [1.29, 1.82) is 0 Å². The maximum absolute atomic E-state index is 11.5. The van der Waals surface area contributed by atoms with Gasteiger partial charge in [0.15, 0.2) is 5.78 Å². The van der Waals surface area contributed by atoms with Crippen molar-refractivity contribution < 1.29 is 4.79 Å². The zero-order valence-electron chi connectivity index (χ0n) is 11.4. The fourth-order valence-corrected chi connectivity index (χ4v) is 3.07. The van der Waals surface area contributed by atoms with Crippen LogP contribution in [0.2, 0.25) is 0 Å². The molecule has 1 heterocycles. The van der Waals surface area contributed by atoms with Gasteiger partial charge in [0.25, 0.3) is 0 Å². The first-order chi connectivity index (χ1) is 8.40. The molecule has 0 fully saturated rings. The lowest BCUT2D eigenvalue weighted by Gasteiger charge is -2.07. The zero-order chi connectivity index (χ0) is 13.4. The minimum Gasteiger partial charge on any atom is -0.294 e. The molecule has 2 rings (SSSR count). The first kappa shape index (κ1) is 13.0. The summed E-state index contributed by atoms with van der Waals surface area (Å²) in [6.07, 6.45) is 0. The minimum absolute atomic E-state index is 0.0951. The second-order valence-electron chi connectivity index (χ2n) is 4.74. The maximum atomic E-state index is 11.5. The van der Waals surface area contributed by atoms with Crippen LogP contribution < -0.4 is 0 Å². The van der Waals surface area contributed by atoms with Crippen LogP contribution in [-0.4, -0.2) is 10.8 Å². The molecule has 0 amide bonds. The molecule has 94 valence electrons. The molecular weight excluding hydrogens is 242 g/mol. The molecule has 0 spiro atoms. The number of thiazole rings is 1. The van der Waals surface area contributed by atoms with Crippen molar-refractivity contribution in [3.63, 3.8) is 0 Å². The molecule has 0 atom stereocenters. The number of carbonyl (C=O) groups excluding carboxylic acids is 1. The summed E-state index contributed by atoms with van der Waals surface area (Å²) in [7, 11) is 0. The summed E-state index contributed by atoms with van der Waals surface area (Å²) in [5, 5.41) is 0.943. The summed E-state index contributed by atoms with van der Waals surface area (Å²) in [6, 6.07) is 4.34. The molecule has 2 nitrogen and oxygen atoms in total. The lowest BCUT2D eigenvalue weighted by molar-refractivity contribution is 0.102. The van der Waals surface area contributed by atoms with E-state index in [4.69, 9.17) is 0 Å². The number of hydrogen-bond acceptors (Lipinski definition) is 3. The largest absolute Gasteiger partial charge is 0.294 e. The van der Waals surface area contributed by atoms with Gasteiger partial charge in [-0.05, 0) is 50.5 Å². The van der Waals surface area contributed by atoms with Gasteiger partial charge in [0.05, 0.1) is 10.6 Å². The monoisotopic (exact) mass is 259 g/mol. The summed E-state index contributed by atoms with van der Waals surface area (Å²) in [5.41, 5.74) is 5.73. The zero-order valence-corrected chi connectivity index (χ0v) is 12.2. The van der Waals surface area contributed by atoms with Crippen molar-refractivity contribution in [3.05, 3.63) is 39.4 Å². The predicted octanol–water partition coefficient (Wildman–Crippen LogP) is 4.25. The van der Waals surface area contributed by atoms with E-state index in [-0.39, 0.29) is 5.78 Å². The molecule has 0 radical (unpaired) electrons. The summed E-state index contributed by atoms with van der Waals surface area (Å²) >= 11 is 1.49. The van der Waals surface area contributed by atoms with Crippen molar-refractivity contribution in [1.82, 2.24) is 4.98 Å². The first-order valence-electron chi connectivity index (χ1n) is 5.96. The third-order valence-corrected chi connectivity index (χ3v) is 4.48. The Hall–Kier alpha value is -1.48. The van der Waals surface area contributed by atoms with Crippen LogP contribution in [-0.2, 0) is 0 Å². The normalized spacial score (nSPS) is 10.7. The van der Waals surface area contributed by atoms with Gasteiger partial charge in [-0.3, -0.25) is 4.79 Å². The molecule has 0 aliphatic heterocycles. The van der Waals surface area contributed by atoms with E-state index in [1.807, 2.05) is 6.92 Å². The van der Waals surface area contributed by atoms with Gasteiger partial charge in [-0.25, -0.2) is 4.98 Å². The fourth-order valence-electron chi connectivity index (χ4n) is 2.03. The molecule has 18 heavy (non-hydrogen) atoms. The summed E-state index contributed by atoms with van der Waals surface area (Å²) in [4.78, 5) is 16.8. The number of aryl methyl sites for hydroxylation is 4. The number of carbonyl (C=O) groups is 1. The number of nitrogens with zero attached hydrogens (tertiary/aromatic N) is 1. The average molecular weight is 259 g/mol. The van der Waals surface area contributed by atoms with Crippen molar-refractivity contribution >= 4 is 17.1 Å². The second-order valence-corrected chi connectivity index (χ2v) is 5.74. The molecule has 0 saturated carbocycles. The molecule has 1 aromatic carbocycles. The van der Waals surface area contributed by atoms with Crippen LogP contribution in [0.5, 0.6) is 0 Å². The van der Waals surface area contributed by atoms with Crippen LogP contribution in [0.1, 0.15) is 39.0 Å². The van der Waals surface area contributed by atoms with Crippen molar-refractivity contribution in [2.24, 2.45) is 0 Å². The van der Waals surface area contributed by atoms with E-state index < -0.39 is 0 Å². The Morgan fingerprint density at radius 3 is 2.22 bits per heavy atom. The van der Waals surface area contributed by atoms with Gasteiger partial charge in [-0.15, -0.1) is 11.3 Å². The average Bonchev–Trinajstić information content (AvgIpc) is 2.65. The SMILES string of the molecule is CC(=O)c1sc(-c2cc(C)c(C)cc2C)nc1C. The van der Waals surface area contributed by atoms with Crippen LogP contribution in [0.4, 0.5) is 0 Å². The van der Waals surface area contributed by atoms with E-state index in [2.05, 4.69) is 37.9 Å². The number of aromatic nitrogens is 1. The summed E-state index contributed by atoms with van der Waals surface area (Å²) < 4.78 is 0. The van der Waals surface area contributed by atoms with E-state index in [1.165, 1.54) is 28.0 Å². The molecule has 2 aromatic rings. The van der Waals surface area contributed by atoms with Gasteiger partial charge in [-0.1, -0.05) is 6.07 Å². The van der Waals surface area contributed by atoms with Gasteiger partial charge in [0.2, 0.25) is 0 Å². The van der Waals surface area contributed by atoms with Gasteiger partial charge in [0, 0.05) is 12.5 Å². The Morgan fingerprint density at radius 2 is 1.67 bits per heavy atom. The second kappa shape index (κ2) is 4.65. The molecule has 0 saturated heterocycles. The molecule has 1 aromatic heterocycles. The Bertz CT molecular complexity index is 626.